The first-order chi connectivity index (χ1) is 8.13. The summed E-state index contributed by atoms with van der Waals surface area (Å²) in [5.74, 6) is 1.66. The molecule has 1 aliphatic rings. The summed E-state index contributed by atoms with van der Waals surface area (Å²) in [6.45, 7) is 5.07. The minimum atomic E-state index is 0.220. The lowest BCUT2D eigenvalue weighted by Gasteiger charge is -2.26. The number of furan rings is 1. The second-order valence-corrected chi connectivity index (χ2v) is 5.23. The van der Waals surface area contributed by atoms with Crippen molar-refractivity contribution in [2.24, 2.45) is 11.7 Å². The molecule has 96 valence electrons. The Morgan fingerprint density at radius 3 is 2.76 bits per heavy atom. The molecule has 1 aliphatic heterocycles. The Morgan fingerprint density at radius 1 is 1.53 bits per heavy atom. The van der Waals surface area contributed by atoms with Gasteiger partial charge in [-0.3, -0.25) is 4.90 Å². The molecule has 0 radical (unpaired) electrons. The molecule has 4 heteroatoms. The molecule has 2 heterocycles. The van der Waals surface area contributed by atoms with E-state index in [0.29, 0.717) is 18.5 Å². The third-order valence-electron chi connectivity index (χ3n) is 3.80. The summed E-state index contributed by atoms with van der Waals surface area (Å²) >= 11 is 0. The molecule has 0 aromatic carbocycles. The summed E-state index contributed by atoms with van der Waals surface area (Å²) in [7, 11) is 4.30. The molecule has 3 atom stereocenters. The highest BCUT2D eigenvalue weighted by Gasteiger charge is 2.35. The molecular formula is C13H23N3O. The third-order valence-corrected chi connectivity index (χ3v) is 3.80. The SMILES string of the molecule is CC1CN(C(CN)c2ccco2)CC1N(C)C. The monoisotopic (exact) mass is 237 g/mol. The van der Waals surface area contributed by atoms with E-state index in [1.807, 2.05) is 12.1 Å². The van der Waals surface area contributed by atoms with Gasteiger partial charge in [0.1, 0.15) is 5.76 Å². The van der Waals surface area contributed by atoms with Crippen LogP contribution in [0.4, 0.5) is 0 Å². The molecule has 2 rings (SSSR count). The molecule has 17 heavy (non-hydrogen) atoms. The Balaban J connectivity index is 2.08. The van der Waals surface area contributed by atoms with Crippen LogP contribution in [0.2, 0.25) is 0 Å². The largest absolute Gasteiger partial charge is 0.468 e. The summed E-state index contributed by atoms with van der Waals surface area (Å²) in [6, 6.07) is 4.78. The zero-order chi connectivity index (χ0) is 12.4. The van der Waals surface area contributed by atoms with Gasteiger partial charge in [0, 0.05) is 25.7 Å². The minimum absolute atomic E-state index is 0.220. The highest BCUT2D eigenvalue weighted by atomic mass is 16.3. The van der Waals surface area contributed by atoms with Crippen LogP contribution in [-0.2, 0) is 0 Å². The lowest BCUT2D eigenvalue weighted by atomic mass is 10.1. The van der Waals surface area contributed by atoms with Gasteiger partial charge in [-0.15, -0.1) is 0 Å². The predicted octanol–water partition coefficient (Wildman–Crippen LogP) is 1.16. The highest BCUT2D eigenvalue weighted by molar-refractivity contribution is 5.07. The summed E-state index contributed by atoms with van der Waals surface area (Å²) in [5.41, 5.74) is 5.90. The number of nitrogens with two attached hydrogens (primary N) is 1. The van der Waals surface area contributed by atoms with Crippen LogP contribution in [0.25, 0.3) is 0 Å². The van der Waals surface area contributed by atoms with E-state index in [0.717, 1.165) is 18.8 Å². The Labute approximate surface area is 103 Å². The van der Waals surface area contributed by atoms with Gasteiger partial charge in [-0.2, -0.15) is 0 Å². The maximum absolute atomic E-state index is 5.90. The van der Waals surface area contributed by atoms with Gasteiger partial charge in [-0.25, -0.2) is 0 Å². The maximum atomic E-state index is 5.90. The summed E-state index contributed by atoms with van der Waals surface area (Å²) < 4.78 is 5.49. The van der Waals surface area contributed by atoms with Crippen molar-refractivity contribution in [2.75, 3.05) is 33.7 Å². The maximum Gasteiger partial charge on any atom is 0.122 e. The molecule has 0 saturated carbocycles. The van der Waals surface area contributed by atoms with Crippen molar-refractivity contribution in [3.8, 4) is 0 Å². The van der Waals surface area contributed by atoms with Crippen molar-refractivity contribution in [1.29, 1.82) is 0 Å². The molecule has 2 N–H and O–H groups in total. The normalized spacial score (nSPS) is 27.8. The fourth-order valence-corrected chi connectivity index (χ4v) is 2.84. The number of hydrogen-bond donors (Lipinski definition) is 1. The molecule has 3 unspecified atom stereocenters. The first-order valence-corrected chi connectivity index (χ1v) is 6.27. The first kappa shape index (κ1) is 12.6. The van der Waals surface area contributed by atoms with E-state index < -0.39 is 0 Å². The standard InChI is InChI=1S/C13H23N3O/c1-10-8-16(9-12(10)15(2)3)11(7-14)13-5-4-6-17-13/h4-6,10-12H,7-9,14H2,1-3H3. The van der Waals surface area contributed by atoms with E-state index in [1.54, 1.807) is 6.26 Å². The van der Waals surface area contributed by atoms with Crippen LogP contribution < -0.4 is 5.73 Å². The quantitative estimate of drug-likeness (QED) is 0.853. The molecule has 0 amide bonds. The van der Waals surface area contributed by atoms with Gasteiger partial charge in [0.05, 0.1) is 12.3 Å². The molecule has 0 bridgehead atoms. The second kappa shape index (κ2) is 5.21. The van der Waals surface area contributed by atoms with E-state index in [2.05, 4.69) is 30.8 Å². The first-order valence-electron chi connectivity index (χ1n) is 6.27. The molecule has 0 spiro atoms. The summed E-state index contributed by atoms with van der Waals surface area (Å²) in [6.07, 6.45) is 1.72. The number of hydrogen-bond acceptors (Lipinski definition) is 4. The molecule has 1 aromatic rings. The van der Waals surface area contributed by atoms with Crippen LogP contribution in [0.5, 0.6) is 0 Å². The Kier molecular flexibility index (Phi) is 3.86. The van der Waals surface area contributed by atoms with Crippen LogP contribution >= 0.6 is 0 Å². The van der Waals surface area contributed by atoms with E-state index >= 15 is 0 Å². The van der Waals surface area contributed by atoms with Gasteiger partial charge < -0.3 is 15.1 Å². The van der Waals surface area contributed by atoms with Crippen molar-refractivity contribution in [2.45, 2.75) is 19.0 Å². The molecular weight excluding hydrogens is 214 g/mol. The lowest BCUT2D eigenvalue weighted by Crippen LogP contribution is -2.36. The Bertz CT molecular complexity index is 336. The highest BCUT2D eigenvalue weighted by Crippen LogP contribution is 2.28. The topological polar surface area (TPSA) is 45.6 Å². The smallest absolute Gasteiger partial charge is 0.122 e. The van der Waals surface area contributed by atoms with Gasteiger partial charge in [0.25, 0.3) is 0 Å². The van der Waals surface area contributed by atoms with Crippen LogP contribution in [0.15, 0.2) is 22.8 Å². The Hall–Kier alpha value is -0.840. The van der Waals surface area contributed by atoms with E-state index in [-0.39, 0.29) is 6.04 Å². The van der Waals surface area contributed by atoms with Crippen LogP contribution in [-0.4, -0.2) is 49.6 Å². The van der Waals surface area contributed by atoms with Gasteiger partial charge in [-0.1, -0.05) is 6.92 Å². The van der Waals surface area contributed by atoms with Gasteiger partial charge in [-0.05, 0) is 32.1 Å². The molecule has 0 aliphatic carbocycles. The zero-order valence-corrected chi connectivity index (χ0v) is 11.0. The van der Waals surface area contributed by atoms with Crippen LogP contribution in [0, 0.1) is 5.92 Å². The summed E-state index contributed by atoms with van der Waals surface area (Å²) in [5, 5.41) is 0. The average Bonchev–Trinajstić information content (AvgIpc) is 2.89. The zero-order valence-electron chi connectivity index (χ0n) is 11.0. The van der Waals surface area contributed by atoms with Gasteiger partial charge in [0.2, 0.25) is 0 Å². The fourth-order valence-electron chi connectivity index (χ4n) is 2.84. The summed E-state index contributed by atoms with van der Waals surface area (Å²) in [4.78, 5) is 4.74. The number of likely N-dealkylation sites (N-methyl/N-ethyl adjacent to an activating group) is 1. The third kappa shape index (κ3) is 2.54. The average molecular weight is 237 g/mol. The molecule has 1 aromatic heterocycles. The molecule has 1 saturated heterocycles. The van der Waals surface area contributed by atoms with E-state index in [4.69, 9.17) is 10.2 Å². The number of rotatable bonds is 4. The van der Waals surface area contributed by atoms with Crippen molar-refractivity contribution < 1.29 is 4.42 Å². The van der Waals surface area contributed by atoms with Gasteiger partial charge in [0.15, 0.2) is 0 Å². The van der Waals surface area contributed by atoms with Crippen LogP contribution in [0.1, 0.15) is 18.7 Å². The minimum Gasteiger partial charge on any atom is -0.468 e. The molecule has 1 fully saturated rings. The van der Waals surface area contributed by atoms with Crippen molar-refractivity contribution in [3.63, 3.8) is 0 Å². The van der Waals surface area contributed by atoms with Crippen LogP contribution in [0.3, 0.4) is 0 Å². The number of nitrogens with zero attached hydrogens (tertiary/aromatic N) is 2. The van der Waals surface area contributed by atoms with Gasteiger partial charge >= 0.3 is 0 Å². The van der Waals surface area contributed by atoms with Crippen molar-refractivity contribution in [3.05, 3.63) is 24.2 Å². The number of likely N-dealkylation sites (tertiary alicyclic amines) is 1. The van der Waals surface area contributed by atoms with E-state index in [9.17, 15) is 0 Å². The predicted molar refractivity (Wildman–Crippen MR) is 68.7 cm³/mol. The molecule has 4 nitrogen and oxygen atoms in total. The van der Waals surface area contributed by atoms with Crippen molar-refractivity contribution in [1.82, 2.24) is 9.80 Å². The Morgan fingerprint density at radius 2 is 2.29 bits per heavy atom. The lowest BCUT2D eigenvalue weighted by molar-refractivity contribution is 0.199. The second-order valence-electron chi connectivity index (χ2n) is 5.23. The fraction of sp³-hybridized carbons (Fsp3) is 0.692. The van der Waals surface area contributed by atoms with Crippen molar-refractivity contribution >= 4 is 0 Å². The van der Waals surface area contributed by atoms with E-state index in [1.165, 1.54) is 0 Å².